The molecule has 1 saturated carbocycles. The van der Waals surface area contributed by atoms with Crippen molar-refractivity contribution >= 4 is 23.3 Å². The average Bonchev–Trinajstić information content (AvgIpc) is 2.78. The Balaban J connectivity index is 2.39. The smallest absolute Gasteiger partial charge is 0.309 e. The van der Waals surface area contributed by atoms with Crippen LogP contribution in [0.15, 0.2) is 18.2 Å². The summed E-state index contributed by atoms with van der Waals surface area (Å²) in [4.78, 5) is 22.0. The topological polar surface area (TPSA) is 80.4 Å². The normalized spacial score (nSPS) is 17.3. The minimum atomic E-state index is -0.880. The van der Waals surface area contributed by atoms with E-state index in [9.17, 15) is 20.0 Å². The van der Waals surface area contributed by atoms with Gasteiger partial charge in [-0.2, -0.15) is 0 Å². The van der Waals surface area contributed by atoms with Crippen LogP contribution in [0.5, 0.6) is 0 Å². The second kappa shape index (κ2) is 5.17. The fourth-order valence-electron chi connectivity index (χ4n) is 2.76. The maximum absolute atomic E-state index is 11.5. The lowest BCUT2D eigenvalue weighted by Gasteiger charge is -2.23. The molecule has 0 aromatic heterocycles. The Morgan fingerprint density at radius 1 is 1.42 bits per heavy atom. The highest BCUT2D eigenvalue weighted by Gasteiger charge is 2.42. The Morgan fingerprint density at radius 3 is 2.58 bits per heavy atom. The van der Waals surface area contributed by atoms with E-state index in [4.69, 9.17) is 11.6 Å². The number of carbonyl (C=O) groups is 1. The first kappa shape index (κ1) is 13.8. The van der Waals surface area contributed by atoms with Gasteiger partial charge < -0.3 is 5.11 Å². The van der Waals surface area contributed by atoms with Crippen LogP contribution >= 0.6 is 11.6 Å². The summed E-state index contributed by atoms with van der Waals surface area (Å²) in [5, 5.41) is 20.8. The molecule has 102 valence electrons. The Morgan fingerprint density at radius 2 is 2.05 bits per heavy atom. The van der Waals surface area contributed by atoms with Crippen molar-refractivity contribution in [2.24, 2.45) is 5.41 Å². The maximum Gasteiger partial charge on any atom is 0.309 e. The third-order valence-corrected chi connectivity index (χ3v) is 4.02. The lowest BCUT2D eigenvalue weighted by Crippen LogP contribution is -2.30. The van der Waals surface area contributed by atoms with Gasteiger partial charge in [-0.3, -0.25) is 14.9 Å². The SMILES string of the molecule is O=C(O)C1(Cc2cc(Cl)ccc2[N+](=O)[O-])CCCC1. The fourth-order valence-corrected chi connectivity index (χ4v) is 2.95. The van der Waals surface area contributed by atoms with Crippen molar-refractivity contribution in [2.45, 2.75) is 32.1 Å². The van der Waals surface area contributed by atoms with Gasteiger partial charge in [0, 0.05) is 16.7 Å². The van der Waals surface area contributed by atoms with Gasteiger partial charge in [-0.05, 0) is 31.4 Å². The lowest BCUT2D eigenvalue weighted by atomic mass is 9.80. The molecule has 1 fully saturated rings. The molecule has 19 heavy (non-hydrogen) atoms. The molecule has 0 aliphatic heterocycles. The molecule has 0 spiro atoms. The lowest BCUT2D eigenvalue weighted by molar-refractivity contribution is -0.385. The van der Waals surface area contributed by atoms with Gasteiger partial charge in [0.05, 0.1) is 10.3 Å². The van der Waals surface area contributed by atoms with E-state index in [1.807, 2.05) is 0 Å². The van der Waals surface area contributed by atoms with Gasteiger partial charge in [0.15, 0.2) is 0 Å². The summed E-state index contributed by atoms with van der Waals surface area (Å²) in [7, 11) is 0. The second-order valence-electron chi connectivity index (χ2n) is 5.00. The van der Waals surface area contributed by atoms with E-state index in [-0.39, 0.29) is 12.1 Å². The van der Waals surface area contributed by atoms with Gasteiger partial charge in [0.1, 0.15) is 0 Å². The van der Waals surface area contributed by atoms with Crippen molar-refractivity contribution in [3.8, 4) is 0 Å². The van der Waals surface area contributed by atoms with Gasteiger partial charge in [-0.25, -0.2) is 0 Å². The molecular weight excluding hydrogens is 270 g/mol. The molecule has 0 saturated heterocycles. The van der Waals surface area contributed by atoms with Crippen LogP contribution in [0.1, 0.15) is 31.2 Å². The predicted molar refractivity (Wildman–Crippen MR) is 70.3 cm³/mol. The van der Waals surface area contributed by atoms with Crippen molar-refractivity contribution in [3.63, 3.8) is 0 Å². The van der Waals surface area contributed by atoms with E-state index in [0.717, 1.165) is 12.8 Å². The first-order valence-corrected chi connectivity index (χ1v) is 6.49. The molecule has 0 heterocycles. The van der Waals surface area contributed by atoms with Gasteiger partial charge in [-0.1, -0.05) is 24.4 Å². The minimum absolute atomic E-state index is 0.0584. The fraction of sp³-hybridized carbons (Fsp3) is 0.462. The van der Waals surface area contributed by atoms with Gasteiger partial charge in [0.25, 0.3) is 5.69 Å². The zero-order valence-electron chi connectivity index (χ0n) is 10.3. The molecule has 1 aromatic carbocycles. The van der Waals surface area contributed by atoms with Crippen molar-refractivity contribution in [2.75, 3.05) is 0 Å². The number of nitrogens with zero attached hydrogens (tertiary/aromatic N) is 1. The number of halogens is 1. The summed E-state index contributed by atoms with van der Waals surface area (Å²) in [6, 6.07) is 4.29. The van der Waals surface area contributed by atoms with E-state index in [1.165, 1.54) is 18.2 Å². The molecule has 0 atom stereocenters. The summed E-state index contributed by atoms with van der Waals surface area (Å²) in [6.07, 6.45) is 2.98. The number of nitro groups is 1. The molecule has 5 nitrogen and oxygen atoms in total. The number of nitro benzene ring substituents is 1. The zero-order chi connectivity index (χ0) is 14.0. The van der Waals surface area contributed by atoms with E-state index in [2.05, 4.69) is 0 Å². The molecule has 2 rings (SSSR count). The number of hydrogen-bond acceptors (Lipinski definition) is 3. The Hall–Kier alpha value is -1.62. The molecule has 0 bridgehead atoms. The van der Waals surface area contributed by atoms with E-state index >= 15 is 0 Å². The van der Waals surface area contributed by atoms with E-state index < -0.39 is 16.3 Å². The van der Waals surface area contributed by atoms with Crippen molar-refractivity contribution < 1.29 is 14.8 Å². The molecule has 1 aliphatic rings. The second-order valence-corrected chi connectivity index (χ2v) is 5.44. The predicted octanol–water partition coefficient (Wildman–Crippen LogP) is 3.44. The standard InChI is InChI=1S/C13H14ClNO4/c14-10-3-4-11(15(18)19)9(7-10)8-13(12(16)17)5-1-2-6-13/h3-4,7H,1-2,5-6,8H2,(H,16,17). The Labute approximate surface area is 115 Å². The van der Waals surface area contributed by atoms with Crippen LogP contribution in [-0.4, -0.2) is 16.0 Å². The largest absolute Gasteiger partial charge is 0.481 e. The van der Waals surface area contributed by atoms with Crippen LogP contribution in [0.3, 0.4) is 0 Å². The summed E-state index contributed by atoms with van der Waals surface area (Å²) in [6.45, 7) is 0. The molecule has 1 N–H and O–H groups in total. The van der Waals surface area contributed by atoms with Gasteiger partial charge in [-0.15, -0.1) is 0 Å². The molecular formula is C13H14ClNO4. The zero-order valence-corrected chi connectivity index (χ0v) is 11.0. The molecule has 0 unspecified atom stereocenters. The van der Waals surface area contributed by atoms with E-state index in [0.29, 0.717) is 23.4 Å². The van der Waals surface area contributed by atoms with Crippen LogP contribution < -0.4 is 0 Å². The van der Waals surface area contributed by atoms with Crippen molar-refractivity contribution in [3.05, 3.63) is 38.9 Å². The number of aliphatic carboxylic acids is 1. The molecule has 1 aliphatic carbocycles. The summed E-state index contributed by atoms with van der Waals surface area (Å²) in [5.41, 5.74) is -0.533. The van der Waals surface area contributed by atoms with Gasteiger partial charge in [0.2, 0.25) is 0 Å². The Kier molecular flexibility index (Phi) is 3.75. The number of benzene rings is 1. The van der Waals surface area contributed by atoms with Crippen LogP contribution in [0, 0.1) is 15.5 Å². The van der Waals surface area contributed by atoms with Crippen molar-refractivity contribution in [1.82, 2.24) is 0 Å². The molecule has 1 aromatic rings. The first-order chi connectivity index (χ1) is 8.94. The Bertz CT molecular complexity index is 523. The third kappa shape index (κ3) is 2.71. The number of rotatable bonds is 4. The number of hydrogen-bond donors (Lipinski definition) is 1. The highest BCUT2D eigenvalue weighted by atomic mass is 35.5. The summed E-state index contributed by atoms with van der Waals surface area (Å²) < 4.78 is 0. The highest BCUT2D eigenvalue weighted by molar-refractivity contribution is 6.30. The average molecular weight is 284 g/mol. The summed E-state index contributed by atoms with van der Waals surface area (Å²) in [5.74, 6) is -0.876. The van der Waals surface area contributed by atoms with Crippen LogP contribution in [0.4, 0.5) is 5.69 Å². The maximum atomic E-state index is 11.5. The van der Waals surface area contributed by atoms with Crippen LogP contribution in [-0.2, 0) is 11.2 Å². The number of carboxylic acids is 1. The summed E-state index contributed by atoms with van der Waals surface area (Å²) >= 11 is 5.86. The monoisotopic (exact) mass is 283 g/mol. The van der Waals surface area contributed by atoms with Crippen LogP contribution in [0.25, 0.3) is 0 Å². The third-order valence-electron chi connectivity index (χ3n) is 3.78. The van der Waals surface area contributed by atoms with Gasteiger partial charge >= 0.3 is 5.97 Å². The molecule has 6 heteroatoms. The first-order valence-electron chi connectivity index (χ1n) is 6.11. The number of carboxylic acid groups (broad SMARTS) is 1. The molecule has 0 radical (unpaired) electrons. The van der Waals surface area contributed by atoms with E-state index in [1.54, 1.807) is 0 Å². The molecule has 0 amide bonds. The van der Waals surface area contributed by atoms with Crippen LogP contribution in [0.2, 0.25) is 5.02 Å². The van der Waals surface area contributed by atoms with Crippen molar-refractivity contribution in [1.29, 1.82) is 0 Å². The minimum Gasteiger partial charge on any atom is -0.481 e. The quantitative estimate of drug-likeness (QED) is 0.678. The highest BCUT2D eigenvalue weighted by Crippen LogP contribution is 2.43.